The standard InChI is InChI=1S/C19H27N5O2/c1-14(2)24-18(8-9-20-24)21-19(26)15(3)22-10-12-23(13-11-22)16-6-4-5-7-17(16)25/h4-9,14-15,25H,10-13H2,1-3H3,(H,21,26). The zero-order valence-electron chi connectivity index (χ0n) is 15.6. The van der Waals surface area contributed by atoms with Gasteiger partial charge < -0.3 is 15.3 Å². The van der Waals surface area contributed by atoms with Crippen LogP contribution >= 0.6 is 0 Å². The van der Waals surface area contributed by atoms with Crippen molar-refractivity contribution < 1.29 is 9.90 Å². The molecule has 2 N–H and O–H groups in total. The average molecular weight is 357 g/mol. The Morgan fingerprint density at radius 3 is 2.46 bits per heavy atom. The topological polar surface area (TPSA) is 73.6 Å². The van der Waals surface area contributed by atoms with Crippen molar-refractivity contribution in [3.8, 4) is 5.75 Å². The van der Waals surface area contributed by atoms with Gasteiger partial charge in [-0.1, -0.05) is 12.1 Å². The summed E-state index contributed by atoms with van der Waals surface area (Å²) in [6.07, 6.45) is 1.70. The van der Waals surface area contributed by atoms with E-state index < -0.39 is 0 Å². The highest BCUT2D eigenvalue weighted by Gasteiger charge is 2.27. The van der Waals surface area contributed by atoms with Gasteiger partial charge >= 0.3 is 0 Å². The molecule has 1 amide bonds. The zero-order valence-corrected chi connectivity index (χ0v) is 15.6. The summed E-state index contributed by atoms with van der Waals surface area (Å²) in [4.78, 5) is 17.0. The second-order valence-electron chi connectivity index (χ2n) is 6.93. The molecule has 1 aromatic carbocycles. The monoisotopic (exact) mass is 357 g/mol. The van der Waals surface area contributed by atoms with E-state index in [9.17, 15) is 9.90 Å². The number of para-hydroxylation sites is 2. The van der Waals surface area contributed by atoms with Gasteiger partial charge in [-0.25, -0.2) is 4.68 Å². The maximum Gasteiger partial charge on any atom is 0.242 e. The van der Waals surface area contributed by atoms with E-state index in [4.69, 9.17) is 0 Å². The van der Waals surface area contributed by atoms with Crippen LogP contribution in [-0.4, -0.2) is 57.9 Å². The fourth-order valence-electron chi connectivity index (χ4n) is 3.30. The summed E-state index contributed by atoms with van der Waals surface area (Å²) in [7, 11) is 0. The summed E-state index contributed by atoms with van der Waals surface area (Å²) < 4.78 is 1.81. The smallest absolute Gasteiger partial charge is 0.242 e. The molecule has 0 radical (unpaired) electrons. The highest BCUT2D eigenvalue weighted by molar-refractivity contribution is 5.93. The number of nitrogens with zero attached hydrogens (tertiary/aromatic N) is 4. The Morgan fingerprint density at radius 2 is 1.81 bits per heavy atom. The minimum atomic E-state index is -0.225. The predicted molar refractivity (Wildman–Crippen MR) is 103 cm³/mol. The lowest BCUT2D eigenvalue weighted by molar-refractivity contribution is -0.120. The van der Waals surface area contributed by atoms with Crippen LogP contribution in [0.2, 0.25) is 0 Å². The van der Waals surface area contributed by atoms with Crippen LogP contribution in [0, 0.1) is 0 Å². The summed E-state index contributed by atoms with van der Waals surface area (Å²) in [5, 5.41) is 17.3. The Hall–Kier alpha value is -2.54. The average Bonchev–Trinajstić information content (AvgIpc) is 3.10. The van der Waals surface area contributed by atoms with E-state index >= 15 is 0 Å². The molecule has 1 fully saturated rings. The number of benzene rings is 1. The molecule has 0 aliphatic carbocycles. The maximum absolute atomic E-state index is 12.6. The van der Waals surface area contributed by atoms with Gasteiger partial charge in [0.05, 0.1) is 17.9 Å². The lowest BCUT2D eigenvalue weighted by atomic mass is 10.2. The van der Waals surface area contributed by atoms with Crippen molar-refractivity contribution in [2.45, 2.75) is 32.9 Å². The Kier molecular flexibility index (Phi) is 5.46. The maximum atomic E-state index is 12.6. The first-order valence-corrected chi connectivity index (χ1v) is 9.08. The number of hydrogen-bond donors (Lipinski definition) is 2. The van der Waals surface area contributed by atoms with Gasteiger partial charge in [-0.2, -0.15) is 5.10 Å². The minimum absolute atomic E-state index is 0.0246. The Labute approximate surface area is 154 Å². The van der Waals surface area contributed by atoms with Crippen LogP contribution in [0.1, 0.15) is 26.8 Å². The van der Waals surface area contributed by atoms with Crippen LogP contribution in [0.4, 0.5) is 11.5 Å². The molecule has 1 saturated heterocycles. The lowest BCUT2D eigenvalue weighted by Crippen LogP contribution is -2.53. The van der Waals surface area contributed by atoms with Crippen LogP contribution in [0.5, 0.6) is 5.75 Å². The molecule has 1 unspecified atom stereocenters. The number of carbonyl (C=O) groups excluding carboxylic acids is 1. The summed E-state index contributed by atoms with van der Waals surface area (Å²) in [5.74, 6) is 1.00. The number of anilines is 2. The number of phenolic OH excluding ortho intramolecular Hbond substituents is 1. The number of piperazine rings is 1. The molecule has 140 valence electrons. The summed E-state index contributed by atoms with van der Waals surface area (Å²) in [5.41, 5.74) is 0.852. The summed E-state index contributed by atoms with van der Waals surface area (Å²) in [6, 6.07) is 9.17. The van der Waals surface area contributed by atoms with E-state index in [2.05, 4.69) is 20.2 Å². The van der Waals surface area contributed by atoms with Gasteiger partial charge in [0.2, 0.25) is 5.91 Å². The third-order valence-corrected chi connectivity index (χ3v) is 4.87. The quantitative estimate of drug-likeness (QED) is 0.859. The van der Waals surface area contributed by atoms with Gasteiger partial charge in [-0.15, -0.1) is 0 Å². The van der Waals surface area contributed by atoms with Crippen LogP contribution in [0.15, 0.2) is 36.5 Å². The molecular weight excluding hydrogens is 330 g/mol. The highest BCUT2D eigenvalue weighted by atomic mass is 16.3. The molecule has 1 aliphatic heterocycles. The van der Waals surface area contributed by atoms with Gasteiger partial charge in [-0.3, -0.25) is 9.69 Å². The molecule has 1 aromatic heterocycles. The minimum Gasteiger partial charge on any atom is -0.506 e. The van der Waals surface area contributed by atoms with Crippen LogP contribution in [-0.2, 0) is 4.79 Å². The fourth-order valence-corrected chi connectivity index (χ4v) is 3.30. The Balaban J connectivity index is 1.58. The van der Waals surface area contributed by atoms with Crippen LogP contribution in [0.25, 0.3) is 0 Å². The SMILES string of the molecule is CC(C(=O)Nc1ccnn1C(C)C)N1CCN(c2ccccc2O)CC1. The summed E-state index contributed by atoms with van der Waals surface area (Å²) >= 11 is 0. The number of aromatic hydroxyl groups is 1. The Bertz CT molecular complexity index is 750. The molecule has 7 heteroatoms. The molecule has 7 nitrogen and oxygen atoms in total. The molecule has 0 bridgehead atoms. The van der Waals surface area contributed by atoms with Crippen molar-refractivity contribution in [1.29, 1.82) is 0 Å². The van der Waals surface area contributed by atoms with E-state index in [1.807, 2.05) is 45.0 Å². The molecule has 1 aliphatic rings. The van der Waals surface area contributed by atoms with Gasteiger partial charge in [0.1, 0.15) is 11.6 Å². The Morgan fingerprint density at radius 1 is 1.12 bits per heavy atom. The lowest BCUT2D eigenvalue weighted by Gasteiger charge is -2.38. The predicted octanol–water partition coefficient (Wildman–Crippen LogP) is 2.32. The first-order valence-electron chi connectivity index (χ1n) is 9.08. The van der Waals surface area contributed by atoms with Gasteiger partial charge in [-0.05, 0) is 32.9 Å². The van der Waals surface area contributed by atoms with Gasteiger partial charge in [0.25, 0.3) is 0 Å². The van der Waals surface area contributed by atoms with E-state index in [0.29, 0.717) is 5.75 Å². The van der Waals surface area contributed by atoms with E-state index in [0.717, 1.165) is 37.7 Å². The zero-order chi connectivity index (χ0) is 18.7. The normalized spacial score (nSPS) is 16.7. The third-order valence-electron chi connectivity index (χ3n) is 4.87. The first-order chi connectivity index (χ1) is 12.5. The number of nitrogens with one attached hydrogen (secondary N) is 1. The van der Waals surface area contributed by atoms with Crippen LogP contribution < -0.4 is 10.2 Å². The number of amides is 1. The molecule has 2 aromatic rings. The van der Waals surface area contributed by atoms with Crippen molar-refractivity contribution >= 4 is 17.4 Å². The number of rotatable bonds is 5. The number of aromatic nitrogens is 2. The molecule has 0 saturated carbocycles. The van der Waals surface area contributed by atoms with Crippen LogP contribution in [0.3, 0.4) is 0 Å². The van der Waals surface area contributed by atoms with Crippen molar-refractivity contribution in [3.05, 3.63) is 36.5 Å². The number of phenols is 1. The van der Waals surface area contributed by atoms with Crippen molar-refractivity contribution in [2.75, 3.05) is 36.4 Å². The molecule has 2 heterocycles. The van der Waals surface area contributed by atoms with Gasteiger partial charge in [0.15, 0.2) is 0 Å². The van der Waals surface area contributed by atoms with Crippen molar-refractivity contribution in [3.63, 3.8) is 0 Å². The van der Waals surface area contributed by atoms with E-state index in [-0.39, 0.29) is 18.0 Å². The van der Waals surface area contributed by atoms with E-state index in [1.165, 1.54) is 0 Å². The largest absolute Gasteiger partial charge is 0.506 e. The second-order valence-corrected chi connectivity index (χ2v) is 6.93. The second kappa shape index (κ2) is 7.78. The molecular formula is C19H27N5O2. The number of carbonyl (C=O) groups is 1. The summed E-state index contributed by atoms with van der Waals surface area (Å²) in [6.45, 7) is 9.09. The molecule has 1 atom stereocenters. The third kappa shape index (κ3) is 3.83. The fraction of sp³-hybridized carbons (Fsp3) is 0.474. The molecule has 3 rings (SSSR count). The van der Waals surface area contributed by atoms with Gasteiger partial charge in [0, 0.05) is 38.3 Å². The number of hydrogen-bond acceptors (Lipinski definition) is 5. The first kappa shape index (κ1) is 18.3. The highest BCUT2D eigenvalue weighted by Crippen LogP contribution is 2.27. The molecule has 0 spiro atoms. The molecule has 26 heavy (non-hydrogen) atoms. The van der Waals surface area contributed by atoms with E-state index in [1.54, 1.807) is 16.9 Å². The van der Waals surface area contributed by atoms with Crippen molar-refractivity contribution in [2.24, 2.45) is 0 Å². The van der Waals surface area contributed by atoms with Crippen molar-refractivity contribution in [1.82, 2.24) is 14.7 Å².